The maximum atomic E-state index is 14.0. The number of aromatic nitrogens is 4. The first kappa shape index (κ1) is 29.5. The lowest BCUT2D eigenvalue weighted by molar-refractivity contribution is -0.149. The Bertz CT molecular complexity index is 1560. The minimum absolute atomic E-state index is 0.106. The van der Waals surface area contributed by atoms with Crippen molar-refractivity contribution in [3.05, 3.63) is 73.3 Å². The van der Waals surface area contributed by atoms with Gasteiger partial charge in [-0.25, -0.2) is 9.97 Å². The van der Waals surface area contributed by atoms with Crippen LogP contribution in [0.4, 0.5) is 10.1 Å². The number of nitrogens with two attached hydrogens (primary N) is 1. The summed E-state index contributed by atoms with van der Waals surface area (Å²) in [4.78, 5) is 39.3. The third-order valence-corrected chi connectivity index (χ3v) is 6.20. The Morgan fingerprint density at radius 2 is 1.90 bits per heavy atom. The number of anilines is 1. The van der Waals surface area contributed by atoms with Gasteiger partial charge in [0, 0.05) is 65.6 Å². The fourth-order valence-corrected chi connectivity index (χ4v) is 4.29. The Balaban J connectivity index is 1.65. The molecule has 10 nitrogen and oxygen atoms in total. The molecule has 0 aliphatic carbocycles. The van der Waals surface area contributed by atoms with Crippen LogP contribution in [-0.2, 0) is 21.1 Å². The number of esters is 1. The van der Waals surface area contributed by atoms with Crippen molar-refractivity contribution in [3.8, 4) is 22.3 Å². The van der Waals surface area contributed by atoms with Gasteiger partial charge < -0.3 is 20.7 Å². The van der Waals surface area contributed by atoms with Gasteiger partial charge in [-0.3, -0.25) is 19.1 Å². The van der Waals surface area contributed by atoms with Crippen LogP contribution in [-0.4, -0.2) is 63.0 Å². The molecule has 0 radical (unpaired) electrons. The van der Waals surface area contributed by atoms with E-state index in [0.29, 0.717) is 40.8 Å². The molecule has 214 valence electrons. The Labute approximate surface area is 238 Å². The van der Waals surface area contributed by atoms with Crippen LogP contribution >= 0.6 is 0 Å². The summed E-state index contributed by atoms with van der Waals surface area (Å²) in [6.07, 6.45) is 11.8. The molecule has 0 aliphatic rings. The number of amides is 1. The first-order valence-electron chi connectivity index (χ1n) is 13.2. The van der Waals surface area contributed by atoms with Crippen molar-refractivity contribution in [2.45, 2.75) is 33.0 Å². The predicted octanol–water partition coefficient (Wildman–Crippen LogP) is 4.23. The van der Waals surface area contributed by atoms with Crippen molar-refractivity contribution < 1.29 is 18.7 Å². The Kier molecular flexibility index (Phi) is 9.53. The number of carbonyl (C=O) groups is 2. The van der Waals surface area contributed by atoms with Gasteiger partial charge >= 0.3 is 5.97 Å². The van der Waals surface area contributed by atoms with Crippen LogP contribution in [0.1, 0.15) is 20.3 Å². The molecule has 0 spiro atoms. The van der Waals surface area contributed by atoms with E-state index in [1.807, 2.05) is 38.9 Å². The van der Waals surface area contributed by atoms with Crippen molar-refractivity contribution in [3.63, 3.8) is 0 Å². The lowest BCUT2D eigenvalue weighted by Crippen LogP contribution is -2.33. The van der Waals surface area contributed by atoms with Gasteiger partial charge in [-0.15, -0.1) is 0 Å². The Morgan fingerprint density at radius 1 is 1.12 bits per heavy atom. The number of pyridine rings is 3. The monoisotopic (exact) mass is 559 g/mol. The number of likely N-dealkylation sites (N-methyl/N-ethyl adjacent to an activating group) is 1. The maximum Gasteiger partial charge on any atom is 0.324 e. The first-order valence-corrected chi connectivity index (χ1v) is 13.2. The molecule has 0 aliphatic heterocycles. The summed E-state index contributed by atoms with van der Waals surface area (Å²) in [6.45, 7) is 4.50. The van der Waals surface area contributed by atoms with Crippen molar-refractivity contribution in [1.82, 2.24) is 24.4 Å². The molecule has 0 fully saturated rings. The van der Waals surface area contributed by atoms with E-state index in [2.05, 4.69) is 20.3 Å². The second kappa shape index (κ2) is 13.2. The van der Waals surface area contributed by atoms with E-state index in [1.54, 1.807) is 47.6 Å². The molecule has 0 bridgehead atoms. The van der Waals surface area contributed by atoms with Crippen LogP contribution in [0, 0.1) is 11.9 Å². The smallest absolute Gasteiger partial charge is 0.324 e. The molecule has 11 heteroatoms. The zero-order valence-electron chi connectivity index (χ0n) is 23.5. The molecule has 1 atom stereocenters. The Morgan fingerprint density at radius 3 is 2.63 bits per heavy atom. The summed E-state index contributed by atoms with van der Waals surface area (Å²) in [6, 6.07) is 6.00. The number of nitrogens with one attached hydrogen (secondary N) is 1. The number of nitrogens with zero attached hydrogens (tertiary/aromatic N) is 5. The number of fused-ring (bicyclic) bond motifs is 1. The van der Waals surface area contributed by atoms with Crippen LogP contribution in [0.3, 0.4) is 0 Å². The number of ether oxygens (including phenoxy) is 1. The average molecular weight is 560 g/mol. The molecule has 0 unspecified atom stereocenters. The molecule has 4 aromatic rings. The van der Waals surface area contributed by atoms with E-state index in [-0.39, 0.29) is 18.6 Å². The van der Waals surface area contributed by atoms with Gasteiger partial charge in [-0.1, -0.05) is 19.9 Å². The van der Waals surface area contributed by atoms with Crippen molar-refractivity contribution in [2.24, 2.45) is 11.7 Å². The van der Waals surface area contributed by atoms with Gasteiger partial charge in [0.15, 0.2) is 6.73 Å². The quantitative estimate of drug-likeness (QED) is 0.159. The number of hydrogen-bond donors (Lipinski definition) is 2. The molecular formula is C30H34FN7O3. The van der Waals surface area contributed by atoms with Crippen LogP contribution in [0.25, 0.3) is 33.3 Å². The number of halogens is 1. The molecule has 1 amide bonds. The highest BCUT2D eigenvalue weighted by atomic mass is 19.1. The lowest BCUT2D eigenvalue weighted by atomic mass is 10.0. The molecule has 3 N–H and O–H groups in total. The van der Waals surface area contributed by atoms with E-state index in [4.69, 9.17) is 10.5 Å². The molecule has 4 heterocycles. The van der Waals surface area contributed by atoms with Gasteiger partial charge in [0.2, 0.25) is 11.9 Å². The number of carbonyl (C=O) groups excluding carboxylic acids is 2. The molecule has 0 saturated heterocycles. The summed E-state index contributed by atoms with van der Waals surface area (Å²) >= 11 is 0. The highest BCUT2D eigenvalue weighted by molar-refractivity contribution is 6.00. The molecular weight excluding hydrogens is 525 g/mol. The van der Waals surface area contributed by atoms with Crippen molar-refractivity contribution >= 4 is 28.6 Å². The minimum Gasteiger partial charge on any atom is -0.443 e. The van der Waals surface area contributed by atoms with Gasteiger partial charge in [0.25, 0.3) is 0 Å². The third-order valence-electron chi connectivity index (χ3n) is 6.20. The summed E-state index contributed by atoms with van der Waals surface area (Å²) in [5.41, 5.74) is 9.77. The summed E-state index contributed by atoms with van der Waals surface area (Å²) < 4.78 is 21.2. The normalized spacial score (nSPS) is 12.4. The summed E-state index contributed by atoms with van der Waals surface area (Å²) in [5, 5.41) is 3.53. The van der Waals surface area contributed by atoms with Crippen LogP contribution in [0.2, 0.25) is 0 Å². The summed E-state index contributed by atoms with van der Waals surface area (Å²) in [7, 11) is 3.84. The minimum atomic E-state index is -0.728. The van der Waals surface area contributed by atoms with E-state index >= 15 is 0 Å². The second-order valence-corrected chi connectivity index (χ2v) is 10.4. The van der Waals surface area contributed by atoms with Gasteiger partial charge in [0.1, 0.15) is 11.7 Å². The van der Waals surface area contributed by atoms with Gasteiger partial charge in [0.05, 0.1) is 11.9 Å². The van der Waals surface area contributed by atoms with E-state index < -0.39 is 18.0 Å². The van der Waals surface area contributed by atoms with Crippen molar-refractivity contribution in [2.75, 3.05) is 26.0 Å². The fourth-order valence-electron chi connectivity index (χ4n) is 4.29. The van der Waals surface area contributed by atoms with Crippen LogP contribution in [0.15, 0.2) is 67.4 Å². The van der Waals surface area contributed by atoms with Gasteiger partial charge in [-0.2, -0.15) is 4.39 Å². The molecule has 0 aromatic carbocycles. The fraction of sp³-hybridized carbons (Fsp3) is 0.300. The topological polar surface area (TPSA) is 128 Å². The maximum absolute atomic E-state index is 14.0. The molecule has 4 rings (SSSR count). The second-order valence-electron chi connectivity index (χ2n) is 10.4. The molecule has 0 saturated carbocycles. The molecule has 4 aromatic heterocycles. The van der Waals surface area contributed by atoms with E-state index in [0.717, 1.165) is 11.1 Å². The highest BCUT2D eigenvalue weighted by Crippen LogP contribution is 2.33. The van der Waals surface area contributed by atoms with E-state index in [1.165, 1.54) is 18.3 Å². The van der Waals surface area contributed by atoms with Crippen molar-refractivity contribution in [1.29, 1.82) is 0 Å². The first-order chi connectivity index (χ1) is 19.6. The number of rotatable bonds is 11. The Hall–Kier alpha value is -4.48. The SMILES string of the molecule is CC(C)C[C@H](N)C(=O)OCn1cc(-c2ccnc(F)c2)c2cc(-c3cncc(NC(=O)/C=C/CN(C)C)c3)cnc21. The van der Waals surface area contributed by atoms with Crippen LogP contribution < -0.4 is 11.1 Å². The van der Waals surface area contributed by atoms with E-state index in [9.17, 15) is 14.0 Å². The third kappa shape index (κ3) is 7.80. The highest BCUT2D eigenvalue weighted by Gasteiger charge is 2.19. The lowest BCUT2D eigenvalue weighted by Gasteiger charge is -2.14. The largest absolute Gasteiger partial charge is 0.443 e. The predicted molar refractivity (Wildman–Crippen MR) is 156 cm³/mol. The number of hydrogen-bond acceptors (Lipinski definition) is 8. The average Bonchev–Trinajstić information content (AvgIpc) is 3.29. The van der Waals surface area contributed by atoms with Gasteiger partial charge in [-0.05, 0) is 50.2 Å². The standard InChI is InChI=1S/C30H34FN7O3/c1-19(2)10-26(32)30(40)41-18-38-17-25(20-7-8-34-27(31)13-20)24-12-22(15-35-29(24)38)21-11-23(16-33-14-21)36-28(39)6-5-9-37(3)4/h5-8,11-17,19,26H,9-10,18,32H2,1-4H3,(H,36,39)/b6-5+/t26-/m0/s1. The van der Waals surface area contributed by atoms with Crippen LogP contribution in [0.5, 0.6) is 0 Å². The zero-order chi connectivity index (χ0) is 29.5. The summed E-state index contributed by atoms with van der Waals surface area (Å²) in [5.74, 6) is -1.14. The molecule has 41 heavy (non-hydrogen) atoms. The zero-order valence-corrected chi connectivity index (χ0v) is 23.5.